The molecule has 14 heteroatoms. The molecule has 0 aliphatic carbocycles. The molecule has 3 aromatic rings. The topological polar surface area (TPSA) is 149 Å². The van der Waals surface area contributed by atoms with Crippen LogP contribution in [0.2, 0.25) is 0 Å². The molecule has 0 saturated carbocycles. The fourth-order valence-corrected chi connectivity index (χ4v) is 4.27. The number of likely N-dealkylation sites (N-methyl/N-ethyl adjacent to an activating group) is 2. The summed E-state index contributed by atoms with van der Waals surface area (Å²) in [5, 5.41) is 31.5. The highest BCUT2D eigenvalue weighted by Gasteiger charge is 2.27. The van der Waals surface area contributed by atoms with Gasteiger partial charge in [-0.2, -0.15) is 28.3 Å². The average molecular weight is 507 g/mol. The quantitative estimate of drug-likeness (QED) is 0.262. The first kappa shape index (κ1) is 26.5. The average Bonchev–Trinajstić information content (AvgIpc) is 3.22. The van der Waals surface area contributed by atoms with E-state index in [1.165, 1.54) is 36.1 Å². The molecule has 0 atom stereocenters. The van der Waals surface area contributed by atoms with E-state index < -0.39 is 14.9 Å². The van der Waals surface area contributed by atoms with E-state index >= 15 is 0 Å². The monoisotopic (exact) mass is 506 g/mol. The first-order chi connectivity index (χ1) is 15.7. The zero-order valence-corrected chi connectivity index (χ0v) is 20.2. The number of nitro groups is 1. The number of anilines is 1. The van der Waals surface area contributed by atoms with Crippen LogP contribution in [0.3, 0.4) is 0 Å². The summed E-state index contributed by atoms with van der Waals surface area (Å²) in [4.78, 5) is 12.1. The number of hydrazone groups is 1. The Labute approximate surface area is 202 Å². The summed E-state index contributed by atoms with van der Waals surface area (Å²) in [5.41, 5.74) is 1.46. The van der Waals surface area contributed by atoms with Crippen molar-refractivity contribution >= 4 is 45.5 Å². The maximum absolute atomic E-state index is 13.3. The Bertz CT molecular complexity index is 1370. The smallest absolute Gasteiger partial charge is 0.281 e. The molecule has 0 aliphatic rings. The molecule has 2 aromatic heterocycles. The molecular formula is C20H23ClN8O4S. The van der Waals surface area contributed by atoms with E-state index in [-0.39, 0.29) is 23.0 Å². The molecule has 0 aliphatic heterocycles. The number of fused-ring (bicyclic) bond motifs is 1. The first-order valence-corrected chi connectivity index (χ1v) is 11.2. The van der Waals surface area contributed by atoms with Crippen molar-refractivity contribution in [2.45, 2.75) is 4.90 Å². The fraction of sp³-hybridized carbons (Fsp3) is 0.250. The molecule has 1 aromatic carbocycles. The Balaban J connectivity index is 0.00000408. The minimum absolute atomic E-state index is 0. The second kappa shape index (κ2) is 10.9. The van der Waals surface area contributed by atoms with E-state index in [4.69, 9.17) is 5.26 Å². The van der Waals surface area contributed by atoms with Crippen molar-refractivity contribution in [1.82, 2.24) is 19.3 Å². The highest BCUT2D eigenvalue weighted by molar-refractivity contribution is 7.89. The summed E-state index contributed by atoms with van der Waals surface area (Å²) in [6, 6.07) is 8.95. The third-order valence-electron chi connectivity index (χ3n) is 4.93. The minimum atomic E-state index is -4.23. The van der Waals surface area contributed by atoms with Crippen LogP contribution in [0.5, 0.6) is 0 Å². The second-order valence-corrected chi connectivity index (χ2v) is 8.99. The Morgan fingerprint density at radius 1 is 1.32 bits per heavy atom. The van der Waals surface area contributed by atoms with Crippen LogP contribution in [0.4, 0.5) is 11.4 Å². The van der Waals surface area contributed by atoms with E-state index in [1.807, 2.05) is 6.07 Å². The van der Waals surface area contributed by atoms with Gasteiger partial charge in [-0.25, -0.2) is 4.52 Å². The zero-order valence-electron chi connectivity index (χ0n) is 18.6. The van der Waals surface area contributed by atoms with E-state index in [0.717, 1.165) is 10.5 Å². The molecule has 0 amide bonds. The van der Waals surface area contributed by atoms with Gasteiger partial charge in [0.05, 0.1) is 40.2 Å². The molecule has 1 N–H and O–H groups in total. The lowest BCUT2D eigenvalue weighted by Crippen LogP contribution is -2.30. The number of nitrogens with one attached hydrogen (secondary N) is 1. The van der Waals surface area contributed by atoms with Gasteiger partial charge in [-0.15, -0.1) is 12.4 Å². The van der Waals surface area contributed by atoms with Gasteiger partial charge in [0.1, 0.15) is 4.90 Å². The number of nitrogens with zero attached hydrogens (tertiary/aromatic N) is 7. The van der Waals surface area contributed by atoms with E-state index in [0.29, 0.717) is 35.4 Å². The van der Waals surface area contributed by atoms with Gasteiger partial charge in [-0.05, 0) is 25.2 Å². The standard InChI is InChI=1S/C20H22N8O4S.ClH/c1-22-7-9-25(2)18-5-4-17(28(29)30)11-20(18)33(31,32)26(3)23-13-16-14-24-27-8-6-15(12-21)10-19(16)27;/h4-6,8,10-11,13-14,22H,7,9H2,1-3H3;1H/b23-13-;. The van der Waals surface area contributed by atoms with Gasteiger partial charge in [0, 0.05) is 51.1 Å². The third kappa shape index (κ3) is 5.42. The number of aromatic nitrogens is 2. The number of nitriles is 1. The highest BCUT2D eigenvalue weighted by atomic mass is 35.5. The van der Waals surface area contributed by atoms with Gasteiger partial charge in [0.15, 0.2) is 0 Å². The molecule has 180 valence electrons. The highest BCUT2D eigenvalue weighted by Crippen LogP contribution is 2.31. The molecule has 0 unspecified atom stereocenters. The van der Waals surface area contributed by atoms with Gasteiger partial charge in [-0.1, -0.05) is 0 Å². The SMILES string of the molecule is CNCCN(C)c1ccc([N+](=O)[O-])cc1S(=O)(=O)N(C)/N=C\c1cnn2ccc(C#N)cc12.Cl. The maximum atomic E-state index is 13.3. The minimum Gasteiger partial charge on any atom is -0.372 e. The van der Waals surface area contributed by atoms with Crippen LogP contribution in [0, 0.1) is 21.4 Å². The lowest BCUT2D eigenvalue weighted by molar-refractivity contribution is -0.385. The third-order valence-corrected chi connectivity index (χ3v) is 6.60. The second-order valence-electron chi connectivity index (χ2n) is 7.08. The summed E-state index contributed by atoms with van der Waals surface area (Å²) in [6.07, 6.45) is 4.41. The number of pyridine rings is 1. The molecule has 3 rings (SSSR count). The summed E-state index contributed by atoms with van der Waals surface area (Å²) < 4.78 is 28.9. The molecule has 0 fully saturated rings. The summed E-state index contributed by atoms with van der Waals surface area (Å²) in [7, 11) is 0.487. The number of rotatable bonds is 9. The molecule has 2 heterocycles. The number of non-ortho nitro benzene ring substituents is 1. The van der Waals surface area contributed by atoms with Crippen LogP contribution in [0.1, 0.15) is 11.1 Å². The lowest BCUT2D eigenvalue weighted by Gasteiger charge is -2.23. The van der Waals surface area contributed by atoms with Gasteiger partial charge in [0.2, 0.25) is 0 Å². The van der Waals surface area contributed by atoms with E-state index in [1.54, 1.807) is 37.3 Å². The molecule has 34 heavy (non-hydrogen) atoms. The Hall–Kier alpha value is -3.73. The number of hydrogen-bond donors (Lipinski definition) is 1. The van der Waals surface area contributed by atoms with Crippen molar-refractivity contribution in [2.75, 3.05) is 39.1 Å². The van der Waals surface area contributed by atoms with Gasteiger partial charge in [0.25, 0.3) is 15.7 Å². The van der Waals surface area contributed by atoms with Crippen molar-refractivity contribution in [1.29, 1.82) is 5.26 Å². The van der Waals surface area contributed by atoms with Crippen LogP contribution in [-0.4, -0.2) is 67.8 Å². The maximum Gasteiger partial charge on any atom is 0.281 e. The van der Waals surface area contributed by atoms with Crippen LogP contribution in [0.15, 0.2) is 52.7 Å². The molecular weight excluding hydrogens is 484 g/mol. The van der Waals surface area contributed by atoms with Crippen molar-refractivity contribution in [3.05, 3.63) is 64.0 Å². The van der Waals surface area contributed by atoms with Crippen LogP contribution < -0.4 is 10.2 Å². The Kier molecular flexibility index (Phi) is 8.52. The zero-order chi connectivity index (χ0) is 24.2. The van der Waals surface area contributed by atoms with Crippen LogP contribution >= 0.6 is 12.4 Å². The predicted molar refractivity (Wildman–Crippen MR) is 130 cm³/mol. The van der Waals surface area contributed by atoms with Crippen molar-refractivity contribution in [3.8, 4) is 6.07 Å². The normalized spacial score (nSPS) is 11.2. The van der Waals surface area contributed by atoms with Crippen LogP contribution in [-0.2, 0) is 10.0 Å². The number of benzene rings is 1. The van der Waals surface area contributed by atoms with Crippen molar-refractivity contribution in [3.63, 3.8) is 0 Å². The number of nitro benzene ring substituents is 1. The van der Waals surface area contributed by atoms with Gasteiger partial charge >= 0.3 is 0 Å². The van der Waals surface area contributed by atoms with Crippen molar-refractivity contribution < 1.29 is 13.3 Å². The van der Waals surface area contributed by atoms with Crippen LogP contribution in [0.25, 0.3) is 5.52 Å². The fourth-order valence-electron chi connectivity index (χ4n) is 3.05. The summed E-state index contributed by atoms with van der Waals surface area (Å²) in [5.74, 6) is 0. The molecule has 0 spiro atoms. The molecule has 12 nitrogen and oxygen atoms in total. The molecule has 0 bridgehead atoms. The van der Waals surface area contributed by atoms with Gasteiger partial charge < -0.3 is 10.2 Å². The number of halogens is 1. The first-order valence-electron chi connectivity index (χ1n) is 9.73. The number of sulfonamides is 1. The summed E-state index contributed by atoms with van der Waals surface area (Å²) >= 11 is 0. The Morgan fingerprint density at radius 3 is 2.71 bits per heavy atom. The molecule has 0 radical (unpaired) electrons. The van der Waals surface area contributed by atoms with E-state index in [9.17, 15) is 18.5 Å². The Morgan fingerprint density at radius 2 is 2.06 bits per heavy atom. The predicted octanol–water partition coefficient (Wildman–Crippen LogP) is 1.85. The van der Waals surface area contributed by atoms with Gasteiger partial charge in [-0.3, -0.25) is 10.1 Å². The van der Waals surface area contributed by atoms with Crippen molar-refractivity contribution in [2.24, 2.45) is 5.10 Å². The summed E-state index contributed by atoms with van der Waals surface area (Å²) in [6.45, 7) is 1.06. The number of hydrogen-bond acceptors (Lipinski definition) is 9. The van der Waals surface area contributed by atoms with E-state index in [2.05, 4.69) is 15.5 Å². The lowest BCUT2D eigenvalue weighted by atomic mass is 10.2. The molecule has 0 saturated heterocycles. The largest absolute Gasteiger partial charge is 0.372 e.